The van der Waals surface area contributed by atoms with Gasteiger partial charge in [-0.2, -0.15) is 0 Å². The molecule has 0 bridgehead atoms. The number of carbonyl (C=O) groups excluding carboxylic acids is 1. The molecule has 0 aromatic rings. The van der Waals surface area contributed by atoms with Crippen molar-refractivity contribution in [3.05, 3.63) is 18.4 Å². The van der Waals surface area contributed by atoms with E-state index in [9.17, 15) is 4.79 Å². The van der Waals surface area contributed by atoms with E-state index in [0.29, 0.717) is 18.1 Å². The molecule has 1 aliphatic carbocycles. The first-order valence-electron chi connectivity index (χ1n) is 4.32. The van der Waals surface area contributed by atoms with Gasteiger partial charge in [0.1, 0.15) is 6.29 Å². The second-order valence-electron chi connectivity index (χ2n) is 3.52. The molecule has 0 amide bonds. The van der Waals surface area contributed by atoms with Gasteiger partial charge in [0.05, 0.1) is 12.2 Å². The van der Waals surface area contributed by atoms with Gasteiger partial charge < -0.3 is 9.53 Å². The number of hydrogen-bond acceptors (Lipinski definition) is 2. The number of fused-ring (bicyclic) bond motifs is 1. The number of rotatable bonds is 2. The summed E-state index contributed by atoms with van der Waals surface area (Å²) < 4.78 is 5.36. The number of epoxide rings is 1. The number of allylic oxidation sites excluding steroid dienone is 1. The van der Waals surface area contributed by atoms with Gasteiger partial charge in [-0.15, -0.1) is 5.73 Å². The minimum Gasteiger partial charge on any atom is -0.370 e. The Bertz CT molecular complexity index is 240. The molecule has 64 valence electrons. The largest absolute Gasteiger partial charge is 0.370 e. The molecule has 4 unspecified atom stereocenters. The zero-order valence-corrected chi connectivity index (χ0v) is 6.90. The lowest BCUT2D eigenvalue weighted by Gasteiger charge is -2.20. The fourth-order valence-corrected chi connectivity index (χ4v) is 1.98. The molecule has 0 radical (unpaired) electrons. The summed E-state index contributed by atoms with van der Waals surface area (Å²) in [5.74, 6) is 0.437. The van der Waals surface area contributed by atoms with Crippen molar-refractivity contribution >= 4 is 6.29 Å². The van der Waals surface area contributed by atoms with Crippen LogP contribution in [0.1, 0.15) is 12.8 Å². The molecule has 12 heavy (non-hydrogen) atoms. The van der Waals surface area contributed by atoms with E-state index in [1.807, 2.05) is 6.08 Å². The van der Waals surface area contributed by atoms with E-state index in [2.05, 4.69) is 12.3 Å². The zero-order chi connectivity index (χ0) is 8.55. The second-order valence-corrected chi connectivity index (χ2v) is 3.52. The van der Waals surface area contributed by atoms with Gasteiger partial charge in [0.2, 0.25) is 0 Å². The van der Waals surface area contributed by atoms with E-state index in [-0.39, 0.29) is 5.92 Å². The molecule has 2 fully saturated rings. The highest BCUT2D eigenvalue weighted by Gasteiger charge is 2.47. The van der Waals surface area contributed by atoms with Crippen molar-refractivity contribution in [2.24, 2.45) is 11.8 Å². The Morgan fingerprint density at radius 1 is 1.33 bits per heavy atom. The highest BCUT2D eigenvalue weighted by Crippen LogP contribution is 2.42. The molecule has 1 aliphatic heterocycles. The molecule has 0 aromatic heterocycles. The number of carbonyl (C=O) groups is 1. The monoisotopic (exact) mass is 164 g/mol. The van der Waals surface area contributed by atoms with E-state index in [4.69, 9.17) is 4.74 Å². The third-order valence-corrected chi connectivity index (χ3v) is 2.75. The summed E-state index contributed by atoms with van der Waals surface area (Å²) in [6.45, 7) is 3.52. The van der Waals surface area contributed by atoms with Crippen LogP contribution in [0.25, 0.3) is 0 Å². The van der Waals surface area contributed by atoms with E-state index >= 15 is 0 Å². The van der Waals surface area contributed by atoms with Crippen molar-refractivity contribution in [1.29, 1.82) is 0 Å². The smallest absolute Gasteiger partial charge is 0.123 e. The van der Waals surface area contributed by atoms with Crippen LogP contribution in [0.4, 0.5) is 0 Å². The van der Waals surface area contributed by atoms with E-state index in [1.54, 1.807) is 0 Å². The lowest BCUT2D eigenvalue weighted by atomic mass is 9.80. The third-order valence-electron chi connectivity index (χ3n) is 2.75. The molecule has 2 nitrogen and oxygen atoms in total. The van der Waals surface area contributed by atoms with Crippen LogP contribution in [-0.4, -0.2) is 18.5 Å². The highest BCUT2D eigenvalue weighted by atomic mass is 16.6. The van der Waals surface area contributed by atoms with Gasteiger partial charge in [-0.3, -0.25) is 0 Å². The first-order chi connectivity index (χ1) is 5.85. The highest BCUT2D eigenvalue weighted by molar-refractivity contribution is 5.55. The van der Waals surface area contributed by atoms with Crippen LogP contribution in [-0.2, 0) is 9.53 Å². The molecule has 0 aromatic carbocycles. The van der Waals surface area contributed by atoms with Gasteiger partial charge in [0, 0.05) is 5.92 Å². The van der Waals surface area contributed by atoms with Crippen molar-refractivity contribution in [1.82, 2.24) is 0 Å². The van der Waals surface area contributed by atoms with Crippen LogP contribution in [0.2, 0.25) is 0 Å². The standard InChI is InChI=1S/C10H12O2/c1-2-3-7-4-9-10(12-9)5-8(7)6-11/h3,6-10H,1,4-5H2. The maximum Gasteiger partial charge on any atom is 0.123 e. The van der Waals surface area contributed by atoms with E-state index in [1.165, 1.54) is 0 Å². The number of ether oxygens (including phenoxy) is 1. The van der Waals surface area contributed by atoms with Crippen LogP contribution in [0.5, 0.6) is 0 Å². The average molecular weight is 164 g/mol. The van der Waals surface area contributed by atoms with Crippen molar-refractivity contribution in [2.75, 3.05) is 0 Å². The van der Waals surface area contributed by atoms with Gasteiger partial charge >= 0.3 is 0 Å². The van der Waals surface area contributed by atoms with Crippen LogP contribution < -0.4 is 0 Å². The lowest BCUT2D eigenvalue weighted by Crippen LogP contribution is -2.23. The number of aldehydes is 1. The topological polar surface area (TPSA) is 29.6 Å². The Morgan fingerprint density at radius 2 is 2.00 bits per heavy atom. The summed E-state index contributed by atoms with van der Waals surface area (Å²) in [6.07, 6.45) is 5.58. The first kappa shape index (κ1) is 7.78. The Kier molecular flexibility index (Phi) is 1.87. The summed E-state index contributed by atoms with van der Waals surface area (Å²) in [7, 11) is 0. The molecule has 0 N–H and O–H groups in total. The Balaban J connectivity index is 2.07. The fraction of sp³-hybridized carbons (Fsp3) is 0.600. The third kappa shape index (κ3) is 1.24. The van der Waals surface area contributed by atoms with Crippen LogP contribution >= 0.6 is 0 Å². The minimum atomic E-state index is 0.128. The maximum absolute atomic E-state index is 10.7. The summed E-state index contributed by atoms with van der Waals surface area (Å²) >= 11 is 0. The van der Waals surface area contributed by atoms with Crippen LogP contribution in [0, 0.1) is 11.8 Å². The molecule has 1 saturated heterocycles. The summed E-state index contributed by atoms with van der Waals surface area (Å²) in [5.41, 5.74) is 2.75. The predicted molar refractivity (Wildman–Crippen MR) is 44.6 cm³/mol. The molecular weight excluding hydrogens is 152 g/mol. The molecule has 1 saturated carbocycles. The quantitative estimate of drug-likeness (QED) is 0.350. The van der Waals surface area contributed by atoms with Crippen LogP contribution in [0.15, 0.2) is 18.4 Å². The molecule has 4 atom stereocenters. The van der Waals surface area contributed by atoms with Crippen LogP contribution in [0.3, 0.4) is 0 Å². The predicted octanol–water partition coefficient (Wildman–Crippen LogP) is 1.32. The van der Waals surface area contributed by atoms with Crippen molar-refractivity contribution in [2.45, 2.75) is 25.0 Å². The Morgan fingerprint density at radius 3 is 2.58 bits per heavy atom. The molecule has 1 heterocycles. The zero-order valence-electron chi connectivity index (χ0n) is 6.90. The van der Waals surface area contributed by atoms with E-state index in [0.717, 1.165) is 19.1 Å². The first-order valence-corrected chi connectivity index (χ1v) is 4.32. The molecule has 2 heteroatoms. The summed E-state index contributed by atoms with van der Waals surface area (Å²) in [6, 6.07) is 0. The van der Waals surface area contributed by atoms with E-state index < -0.39 is 0 Å². The van der Waals surface area contributed by atoms with Gasteiger partial charge in [-0.05, 0) is 24.8 Å². The molecule has 0 spiro atoms. The Hall–Kier alpha value is -0.850. The van der Waals surface area contributed by atoms with Gasteiger partial charge in [-0.1, -0.05) is 6.58 Å². The lowest BCUT2D eigenvalue weighted by molar-refractivity contribution is -0.112. The average Bonchev–Trinajstić information content (AvgIpc) is 2.81. The summed E-state index contributed by atoms with van der Waals surface area (Å²) in [5, 5.41) is 0. The Labute approximate surface area is 71.9 Å². The molecule has 2 aliphatic rings. The van der Waals surface area contributed by atoms with Gasteiger partial charge in [0.25, 0.3) is 0 Å². The second kappa shape index (κ2) is 2.89. The number of hydrogen-bond donors (Lipinski definition) is 0. The molecular formula is C10H12O2. The van der Waals surface area contributed by atoms with Crippen molar-refractivity contribution in [3.63, 3.8) is 0 Å². The van der Waals surface area contributed by atoms with Gasteiger partial charge in [0.15, 0.2) is 0 Å². The van der Waals surface area contributed by atoms with Crippen molar-refractivity contribution < 1.29 is 9.53 Å². The fourth-order valence-electron chi connectivity index (χ4n) is 1.98. The molecule has 2 rings (SSSR count). The SMILES string of the molecule is C=C=CC1CC2OC2CC1C=O. The normalized spacial score (nSPS) is 44.0. The summed E-state index contributed by atoms with van der Waals surface area (Å²) in [4.78, 5) is 10.7. The minimum absolute atomic E-state index is 0.128. The van der Waals surface area contributed by atoms with Gasteiger partial charge in [-0.25, -0.2) is 0 Å². The maximum atomic E-state index is 10.7. The van der Waals surface area contributed by atoms with Crippen molar-refractivity contribution in [3.8, 4) is 0 Å².